The number of carbonyl (C=O) groups excluding carboxylic acids is 1. The van der Waals surface area contributed by atoms with E-state index in [9.17, 15) is 4.79 Å². The van der Waals surface area contributed by atoms with E-state index in [1.807, 2.05) is 24.3 Å². The van der Waals surface area contributed by atoms with Gasteiger partial charge < -0.3 is 10.3 Å². The molecule has 0 spiro atoms. The van der Waals surface area contributed by atoms with Gasteiger partial charge in [-0.2, -0.15) is 0 Å². The van der Waals surface area contributed by atoms with E-state index in [1.54, 1.807) is 12.5 Å². The molecule has 1 saturated carbocycles. The summed E-state index contributed by atoms with van der Waals surface area (Å²) in [7, 11) is 0. The maximum absolute atomic E-state index is 12.3. The fourth-order valence-electron chi connectivity index (χ4n) is 2.27. The van der Waals surface area contributed by atoms with Crippen LogP contribution in [0.4, 0.5) is 0 Å². The van der Waals surface area contributed by atoms with Gasteiger partial charge in [-0.25, -0.2) is 4.98 Å². The number of halogens is 1. The van der Waals surface area contributed by atoms with Crippen LogP contribution in [-0.2, 0) is 16.8 Å². The molecule has 2 aromatic rings. The number of aromatic amines is 1. The Morgan fingerprint density at radius 2 is 2.11 bits per heavy atom. The van der Waals surface area contributed by atoms with Gasteiger partial charge in [0, 0.05) is 11.2 Å². The number of benzene rings is 1. The zero-order valence-corrected chi connectivity index (χ0v) is 11.1. The number of amides is 1. The Kier molecular flexibility index (Phi) is 3.03. The van der Waals surface area contributed by atoms with Crippen molar-refractivity contribution in [3.63, 3.8) is 0 Å². The Bertz CT molecular complexity index is 573. The molecule has 0 unspecified atom stereocenters. The van der Waals surface area contributed by atoms with E-state index >= 15 is 0 Å². The van der Waals surface area contributed by atoms with E-state index in [0.29, 0.717) is 11.6 Å². The highest BCUT2D eigenvalue weighted by atomic mass is 35.5. The smallest absolute Gasteiger partial charge is 0.230 e. The minimum absolute atomic E-state index is 0.0735. The molecule has 1 aliphatic rings. The third-order valence-electron chi connectivity index (χ3n) is 3.58. The van der Waals surface area contributed by atoms with Crippen molar-refractivity contribution in [1.29, 1.82) is 0 Å². The Hall–Kier alpha value is -1.81. The van der Waals surface area contributed by atoms with Crippen molar-refractivity contribution >= 4 is 17.5 Å². The lowest BCUT2D eigenvalue weighted by atomic mass is 9.95. The van der Waals surface area contributed by atoms with Crippen molar-refractivity contribution in [3.8, 4) is 0 Å². The van der Waals surface area contributed by atoms with Crippen LogP contribution in [0.1, 0.15) is 24.1 Å². The summed E-state index contributed by atoms with van der Waals surface area (Å²) >= 11 is 5.88. The van der Waals surface area contributed by atoms with Crippen molar-refractivity contribution < 1.29 is 4.79 Å². The van der Waals surface area contributed by atoms with Crippen LogP contribution in [-0.4, -0.2) is 15.9 Å². The summed E-state index contributed by atoms with van der Waals surface area (Å²) in [4.78, 5) is 19.2. The number of imidazole rings is 1. The molecule has 1 aromatic heterocycles. The molecule has 1 amide bonds. The third kappa shape index (κ3) is 2.36. The summed E-state index contributed by atoms with van der Waals surface area (Å²) in [6.07, 6.45) is 5.10. The molecule has 4 nitrogen and oxygen atoms in total. The summed E-state index contributed by atoms with van der Waals surface area (Å²) in [6.45, 7) is 0.480. The molecule has 1 fully saturated rings. The number of hydrogen-bond donors (Lipinski definition) is 2. The molecule has 5 heteroatoms. The molecular weight excluding hydrogens is 262 g/mol. The number of hydrogen-bond acceptors (Lipinski definition) is 2. The molecule has 0 atom stereocenters. The van der Waals surface area contributed by atoms with Crippen LogP contribution in [0.2, 0.25) is 5.02 Å². The number of nitrogens with one attached hydrogen (secondary N) is 2. The number of rotatable bonds is 4. The Balaban J connectivity index is 1.70. The van der Waals surface area contributed by atoms with E-state index < -0.39 is 0 Å². The second kappa shape index (κ2) is 4.70. The molecule has 1 heterocycles. The van der Waals surface area contributed by atoms with Crippen molar-refractivity contribution in [3.05, 3.63) is 53.1 Å². The van der Waals surface area contributed by atoms with E-state index in [2.05, 4.69) is 15.3 Å². The van der Waals surface area contributed by atoms with Crippen LogP contribution in [0.3, 0.4) is 0 Å². The number of carbonyl (C=O) groups is 1. The highest BCUT2D eigenvalue weighted by molar-refractivity contribution is 6.30. The summed E-state index contributed by atoms with van der Waals surface area (Å²) in [5.74, 6) is 0.0735. The molecule has 0 radical (unpaired) electrons. The first-order valence-corrected chi connectivity index (χ1v) is 6.60. The average molecular weight is 276 g/mol. The van der Waals surface area contributed by atoms with Crippen LogP contribution in [0, 0.1) is 0 Å². The van der Waals surface area contributed by atoms with Crippen LogP contribution >= 0.6 is 11.6 Å². The highest BCUT2D eigenvalue weighted by Gasteiger charge is 2.51. The lowest BCUT2D eigenvalue weighted by molar-refractivity contribution is -0.123. The zero-order valence-electron chi connectivity index (χ0n) is 10.3. The third-order valence-corrected chi connectivity index (χ3v) is 3.83. The SMILES string of the molecule is O=C(NCc1cnc[nH]1)C1(c2ccc(Cl)cc2)CC1. The largest absolute Gasteiger partial charge is 0.350 e. The fraction of sp³-hybridized carbons (Fsp3) is 0.286. The van der Waals surface area contributed by atoms with Crippen LogP contribution in [0.25, 0.3) is 0 Å². The molecule has 0 bridgehead atoms. The predicted molar refractivity (Wildman–Crippen MR) is 72.8 cm³/mol. The number of aromatic nitrogens is 2. The number of nitrogens with zero attached hydrogens (tertiary/aromatic N) is 1. The van der Waals surface area contributed by atoms with Gasteiger partial charge in [-0.15, -0.1) is 0 Å². The first kappa shape index (κ1) is 12.2. The van der Waals surface area contributed by atoms with Crippen molar-refractivity contribution in [2.75, 3.05) is 0 Å². The molecule has 98 valence electrons. The van der Waals surface area contributed by atoms with Gasteiger partial charge in [-0.05, 0) is 30.5 Å². The maximum Gasteiger partial charge on any atom is 0.230 e. The standard InChI is InChI=1S/C14H14ClN3O/c15-11-3-1-10(2-4-11)14(5-6-14)13(19)17-8-12-7-16-9-18-12/h1-4,7,9H,5-6,8H2,(H,16,18)(H,17,19). The molecule has 1 aliphatic carbocycles. The summed E-state index contributed by atoms with van der Waals surface area (Å²) in [5, 5.41) is 3.65. The topological polar surface area (TPSA) is 57.8 Å². The molecule has 19 heavy (non-hydrogen) atoms. The summed E-state index contributed by atoms with van der Waals surface area (Å²) in [6, 6.07) is 7.54. The van der Waals surface area contributed by atoms with E-state index in [0.717, 1.165) is 24.1 Å². The quantitative estimate of drug-likeness (QED) is 0.900. The summed E-state index contributed by atoms with van der Waals surface area (Å²) in [5.41, 5.74) is 1.59. The minimum Gasteiger partial charge on any atom is -0.350 e. The van der Waals surface area contributed by atoms with Gasteiger partial charge in [0.05, 0.1) is 24.0 Å². The van der Waals surface area contributed by atoms with Gasteiger partial charge in [-0.3, -0.25) is 4.79 Å². The maximum atomic E-state index is 12.3. The monoisotopic (exact) mass is 275 g/mol. The Morgan fingerprint density at radius 1 is 1.37 bits per heavy atom. The van der Waals surface area contributed by atoms with Gasteiger partial charge in [0.15, 0.2) is 0 Å². The second-order valence-corrected chi connectivity index (χ2v) is 5.28. The van der Waals surface area contributed by atoms with E-state index in [4.69, 9.17) is 11.6 Å². The average Bonchev–Trinajstić information content (AvgIpc) is 3.07. The van der Waals surface area contributed by atoms with Gasteiger partial charge in [0.1, 0.15) is 0 Å². The van der Waals surface area contributed by atoms with Gasteiger partial charge in [0.2, 0.25) is 5.91 Å². The zero-order chi connectivity index (χ0) is 13.3. The highest BCUT2D eigenvalue weighted by Crippen LogP contribution is 2.48. The second-order valence-electron chi connectivity index (χ2n) is 4.85. The number of H-pyrrole nitrogens is 1. The van der Waals surface area contributed by atoms with Gasteiger partial charge >= 0.3 is 0 Å². The molecule has 0 saturated heterocycles. The summed E-state index contributed by atoms with van der Waals surface area (Å²) < 4.78 is 0. The first-order chi connectivity index (χ1) is 9.21. The minimum atomic E-state index is -0.357. The Morgan fingerprint density at radius 3 is 2.68 bits per heavy atom. The molecule has 0 aliphatic heterocycles. The first-order valence-electron chi connectivity index (χ1n) is 6.22. The van der Waals surface area contributed by atoms with E-state index in [-0.39, 0.29) is 11.3 Å². The predicted octanol–water partition coefficient (Wildman–Crippen LogP) is 2.41. The normalized spacial score (nSPS) is 16.1. The van der Waals surface area contributed by atoms with Gasteiger partial charge in [-0.1, -0.05) is 23.7 Å². The van der Waals surface area contributed by atoms with Crippen LogP contribution in [0.5, 0.6) is 0 Å². The van der Waals surface area contributed by atoms with Gasteiger partial charge in [0.25, 0.3) is 0 Å². The fourth-order valence-corrected chi connectivity index (χ4v) is 2.39. The van der Waals surface area contributed by atoms with Crippen molar-refractivity contribution in [1.82, 2.24) is 15.3 Å². The van der Waals surface area contributed by atoms with Crippen LogP contribution < -0.4 is 5.32 Å². The lowest BCUT2D eigenvalue weighted by Gasteiger charge is -2.15. The molecule has 1 aromatic carbocycles. The molecule has 3 rings (SSSR count). The molecular formula is C14H14ClN3O. The lowest BCUT2D eigenvalue weighted by Crippen LogP contribution is -2.34. The van der Waals surface area contributed by atoms with E-state index in [1.165, 1.54) is 0 Å². The van der Waals surface area contributed by atoms with Crippen molar-refractivity contribution in [2.24, 2.45) is 0 Å². The Labute approximate surface area is 116 Å². The van der Waals surface area contributed by atoms with Crippen LogP contribution in [0.15, 0.2) is 36.8 Å². The molecule has 2 N–H and O–H groups in total. The van der Waals surface area contributed by atoms with Crippen molar-refractivity contribution in [2.45, 2.75) is 24.8 Å².